The van der Waals surface area contributed by atoms with E-state index in [1.807, 2.05) is 72.9 Å². The van der Waals surface area contributed by atoms with E-state index < -0.39 is 0 Å². The van der Waals surface area contributed by atoms with Crippen LogP contribution in [0.15, 0.2) is 84.1 Å². The molecule has 0 spiro atoms. The van der Waals surface area contributed by atoms with E-state index in [-0.39, 0.29) is 12.5 Å². The van der Waals surface area contributed by atoms with Gasteiger partial charge in [-0.2, -0.15) is 5.10 Å². The van der Waals surface area contributed by atoms with Crippen molar-refractivity contribution in [2.45, 2.75) is 6.54 Å². The number of benzene rings is 3. The number of hydrazone groups is 1. The molecule has 1 aromatic heterocycles. The molecule has 0 aliphatic rings. The Morgan fingerprint density at radius 1 is 0.968 bits per heavy atom. The molecule has 4 aromatic rings. The van der Waals surface area contributed by atoms with Crippen molar-refractivity contribution in [1.82, 2.24) is 9.99 Å². The molecule has 0 saturated carbocycles. The van der Waals surface area contributed by atoms with Gasteiger partial charge in [0.2, 0.25) is 0 Å². The van der Waals surface area contributed by atoms with Crippen molar-refractivity contribution in [1.29, 1.82) is 0 Å². The van der Waals surface area contributed by atoms with Gasteiger partial charge in [-0.1, -0.05) is 65.7 Å². The maximum Gasteiger partial charge on any atom is 0.259 e. The van der Waals surface area contributed by atoms with E-state index in [2.05, 4.69) is 20.4 Å². The first-order chi connectivity index (χ1) is 15.1. The zero-order chi connectivity index (χ0) is 21.6. The third kappa shape index (κ3) is 5.26. The first kappa shape index (κ1) is 21.0. The molecule has 0 saturated heterocycles. The number of carbonyl (C=O) groups excluding carboxylic acids is 1. The number of fused-ring (bicyclic) bond motifs is 1. The highest BCUT2D eigenvalue weighted by molar-refractivity contribution is 6.42. The van der Waals surface area contributed by atoms with Crippen LogP contribution in [0.5, 0.6) is 0 Å². The monoisotopic (exact) mass is 450 g/mol. The Bertz CT molecular complexity index is 1240. The summed E-state index contributed by atoms with van der Waals surface area (Å²) in [5, 5.41) is 9.30. The van der Waals surface area contributed by atoms with Crippen molar-refractivity contribution in [3.63, 3.8) is 0 Å². The van der Waals surface area contributed by atoms with E-state index >= 15 is 0 Å². The lowest BCUT2D eigenvalue weighted by Gasteiger charge is -2.06. The molecule has 0 atom stereocenters. The van der Waals surface area contributed by atoms with Crippen molar-refractivity contribution in [2.75, 3.05) is 11.9 Å². The fourth-order valence-corrected chi connectivity index (χ4v) is 3.62. The zero-order valence-electron chi connectivity index (χ0n) is 16.6. The molecule has 156 valence electrons. The van der Waals surface area contributed by atoms with Gasteiger partial charge in [0, 0.05) is 34.9 Å². The highest BCUT2D eigenvalue weighted by Gasteiger charge is 2.08. The van der Waals surface area contributed by atoms with Crippen molar-refractivity contribution in [2.24, 2.45) is 5.10 Å². The van der Waals surface area contributed by atoms with E-state index in [1.165, 1.54) is 0 Å². The van der Waals surface area contributed by atoms with Crippen LogP contribution in [0.4, 0.5) is 5.69 Å². The van der Waals surface area contributed by atoms with Crippen LogP contribution >= 0.6 is 23.2 Å². The number of halogens is 2. The van der Waals surface area contributed by atoms with Crippen molar-refractivity contribution >= 4 is 51.9 Å². The number of anilines is 1. The number of hydrogen-bond acceptors (Lipinski definition) is 3. The molecule has 3 aromatic carbocycles. The van der Waals surface area contributed by atoms with Crippen LogP contribution < -0.4 is 10.7 Å². The Labute approximate surface area is 190 Å². The Kier molecular flexibility index (Phi) is 6.55. The number of para-hydroxylation sites is 2. The van der Waals surface area contributed by atoms with E-state index in [0.717, 1.165) is 27.7 Å². The van der Waals surface area contributed by atoms with Crippen molar-refractivity contribution < 1.29 is 4.79 Å². The summed E-state index contributed by atoms with van der Waals surface area (Å²) in [6.07, 6.45) is 3.67. The van der Waals surface area contributed by atoms with Crippen LogP contribution in [-0.2, 0) is 11.3 Å². The number of rotatable bonds is 7. The summed E-state index contributed by atoms with van der Waals surface area (Å²) in [6, 6.07) is 23.2. The van der Waals surface area contributed by atoms with Crippen LogP contribution in [0.2, 0.25) is 10.0 Å². The number of carbonyl (C=O) groups is 1. The third-order valence-electron chi connectivity index (χ3n) is 4.78. The van der Waals surface area contributed by atoms with E-state index in [9.17, 15) is 4.79 Å². The summed E-state index contributed by atoms with van der Waals surface area (Å²) in [6.45, 7) is 0.777. The first-order valence-corrected chi connectivity index (χ1v) is 10.5. The minimum absolute atomic E-state index is 0.139. The van der Waals surface area contributed by atoms with Crippen LogP contribution in [0, 0.1) is 0 Å². The number of aromatic nitrogens is 1. The summed E-state index contributed by atoms with van der Waals surface area (Å²) in [5.74, 6) is -0.223. The molecule has 0 radical (unpaired) electrons. The van der Waals surface area contributed by atoms with Crippen LogP contribution in [0.3, 0.4) is 0 Å². The molecule has 1 heterocycles. The maximum atomic E-state index is 12.1. The Balaban J connectivity index is 1.46. The second kappa shape index (κ2) is 9.69. The molecule has 2 N–H and O–H groups in total. The van der Waals surface area contributed by atoms with Crippen molar-refractivity contribution in [3.05, 3.63) is 100 Å². The average Bonchev–Trinajstić information content (AvgIpc) is 3.13. The van der Waals surface area contributed by atoms with Gasteiger partial charge in [-0.3, -0.25) is 4.79 Å². The van der Waals surface area contributed by atoms with Gasteiger partial charge in [0.15, 0.2) is 0 Å². The number of nitrogens with zero attached hydrogens (tertiary/aromatic N) is 2. The third-order valence-corrected chi connectivity index (χ3v) is 5.52. The Morgan fingerprint density at radius 2 is 1.74 bits per heavy atom. The molecule has 0 aliphatic heterocycles. The topological polar surface area (TPSA) is 58.4 Å². The molecule has 1 amide bonds. The lowest BCUT2D eigenvalue weighted by atomic mass is 10.2. The van der Waals surface area contributed by atoms with Gasteiger partial charge < -0.3 is 9.88 Å². The number of hydrogen-bond donors (Lipinski definition) is 2. The molecular formula is C24H20Cl2N4O. The van der Waals surface area contributed by atoms with Crippen LogP contribution in [0.25, 0.3) is 10.9 Å². The van der Waals surface area contributed by atoms with Crippen molar-refractivity contribution in [3.8, 4) is 0 Å². The molecule has 0 bridgehead atoms. The lowest BCUT2D eigenvalue weighted by Crippen LogP contribution is -2.25. The van der Waals surface area contributed by atoms with Gasteiger partial charge in [0.05, 0.1) is 22.8 Å². The molecule has 0 unspecified atom stereocenters. The number of amides is 1. The maximum absolute atomic E-state index is 12.1. The molecule has 31 heavy (non-hydrogen) atoms. The largest absolute Gasteiger partial charge is 0.376 e. The van der Waals surface area contributed by atoms with Crippen LogP contribution in [0.1, 0.15) is 11.1 Å². The second-order valence-corrected chi connectivity index (χ2v) is 7.81. The Morgan fingerprint density at radius 3 is 2.55 bits per heavy atom. The zero-order valence-corrected chi connectivity index (χ0v) is 18.1. The van der Waals surface area contributed by atoms with Gasteiger partial charge >= 0.3 is 0 Å². The summed E-state index contributed by atoms with van der Waals surface area (Å²) >= 11 is 12.2. The Hall–Kier alpha value is -3.28. The SMILES string of the molecule is O=C(CNc1ccccc1)N/N=C\c1cn(Cc2ccc(Cl)c(Cl)c2)c2ccccc12. The van der Waals surface area contributed by atoms with E-state index in [1.54, 1.807) is 12.3 Å². The van der Waals surface area contributed by atoms with Gasteiger partial charge in [0.25, 0.3) is 5.91 Å². The highest BCUT2D eigenvalue weighted by Crippen LogP contribution is 2.25. The molecule has 7 heteroatoms. The summed E-state index contributed by atoms with van der Waals surface area (Å²) in [7, 11) is 0. The second-order valence-electron chi connectivity index (χ2n) is 6.99. The summed E-state index contributed by atoms with van der Waals surface area (Å²) < 4.78 is 2.12. The lowest BCUT2D eigenvalue weighted by molar-refractivity contribution is -0.119. The van der Waals surface area contributed by atoms with Gasteiger partial charge in [-0.05, 0) is 35.9 Å². The molecule has 4 rings (SSSR count). The standard InChI is InChI=1S/C24H20Cl2N4O/c25-21-11-10-17(12-22(21)26)15-30-16-18(20-8-4-5-9-23(20)30)13-28-29-24(31)14-27-19-6-2-1-3-7-19/h1-13,16,27H,14-15H2,(H,29,31)/b28-13-. The summed E-state index contributed by atoms with van der Waals surface area (Å²) in [4.78, 5) is 12.1. The van der Waals surface area contributed by atoms with Gasteiger partial charge in [-0.15, -0.1) is 0 Å². The fourth-order valence-electron chi connectivity index (χ4n) is 3.30. The van der Waals surface area contributed by atoms with E-state index in [4.69, 9.17) is 23.2 Å². The molecule has 0 fully saturated rings. The molecule has 5 nitrogen and oxygen atoms in total. The minimum Gasteiger partial charge on any atom is -0.376 e. The first-order valence-electron chi connectivity index (χ1n) is 9.73. The smallest absolute Gasteiger partial charge is 0.259 e. The summed E-state index contributed by atoms with van der Waals surface area (Å²) in [5.41, 5.74) is 6.46. The predicted molar refractivity (Wildman–Crippen MR) is 128 cm³/mol. The van der Waals surface area contributed by atoms with Crippen LogP contribution in [-0.4, -0.2) is 23.2 Å². The normalized spacial score (nSPS) is 11.2. The molecule has 0 aliphatic carbocycles. The average molecular weight is 451 g/mol. The fraction of sp³-hybridized carbons (Fsp3) is 0.0833. The predicted octanol–water partition coefficient (Wildman–Crippen LogP) is 5.56. The van der Waals surface area contributed by atoms with Gasteiger partial charge in [-0.25, -0.2) is 5.43 Å². The van der Waals surface area contributed by atoms with Gasteiger partial charge in [0.1, 0.15) is 0 Å². The van der Waals surface area contributed by atoms with E-state index in [0.29, 0.717) is 16.6 Å². The molecular weight excluding hydrogens is 431 g/mol. The number of nitrogens with one attached hydrogen (secondary N) is 2. The quantitative estimate of drug-likeness (QED) is 0.286. The highest BCUT2D eigenvalue weighted by atomic mass is 35.5. The minimum atomic E-state index is -0.223.